The smallest absolute Gasteiger partial charge is 0.370 e. The summed E-state index contributed by atoms with van der Waals surface area (Å²) in [4.78, 5) is 44.7. The van der Waals surface area contributed by atoms with Crippen LogP contribution in [0.15, 0.2) is 0 Å². The van der Waals surface area contributed by atoms with E-state index in [0.29, 0.717) is 0 Å². The van der Waals surface area contributed by atoms with Gasteiger partial charge in [-0.05, 0) is 36.0 Å². The minimum atomic E-state index is -0.792. The third-order valence-corrected chi connectivity index (χ3v) is 4.11. The Morgan fingerprint density at radius 2 is 0.800 bits per heavy atom. The molecule has 0 aromatic heterocycles. The van der Waals surface area contributed by atoms with Crippen LogP contribution in [0.4, 0.5) is 9.59 Å². The maximum atomic E-state index is 11.3. The predicted octanol–water partition coefficient (Wildman–Crippen LogP) is 5.33. The topological polar surface area (TPSA) is 105 Å². The van der Waals surface area contributed by atoms with E-state index in [1.54, 1.807) is 40.2 Å². The maximum absolute atomic E-state index is 11.3. The van der Waals surface area contributed by atoms with E-state index < -0.39 is 23.2 Å². The van der Waals surface area contributed by atoms with Crippen LogP contribution in [0.25, 0.3) is 0 Å². The molecule has 2 atom stereocenters. The minimum Gasteiger partial charge on any atom is -0.425 e. The Morgan fingerprint density at radius 1 is 0.533 bits per heavy atom. The summed E-state index contributed by atoms with van der Waals surface area (Å²) in [5.74, 6) is -1.27. The highest BCUT2D eigenvalue weighted by molar-refractivity contribution is 8.12. The van der Waals surface area contributed by atoms with Crippen LogP contribution in [0, 0.1) is 23.7 Å². The summed E-state index contributed by atoms with van der Waals surface area (Å²) in [6.45, 7) is 14.2. The van der Waals surface area contributed by atoms with E-state index in [4.69, 9.17) is 18.9 Å². The van der Waals surface area contributed by atoms with Gasteiger partial charge in [0, 0.05) is 11.8 Å². The summed E-state index contributed by atoms with van der Waals surface area (Å²) >= 11 is 1.91. The molecule has 0 aliphatic rings. The number of hydrogen-bond donors (Lipinski definition) is 0. The van der Waals surface area contributed by atoms with Crippen molar-refractivity contribution < 1.29 is 38.1 Å². The molecule has 0 spiro atoms. The van der Waals surface area contributed by atoms with Gasteiger partial charge < -0.3 is 18.9 Å². The highest BCUT2D eigenvalue weighted by Gasteiger charge is 2.24. The molecule has 1 unspecified atom stereocenters. The average molecular weight is 469 g/mol. The molecule has 0 radical (unpaired) electrons. The first-order chi connectivity index (χ1) is 13.8. The van der Waals surface area contributed by atoms with Gasteiger partial charge in [0.2, 0.25) is 0 Å². The highest BCUT2D eigenvalue weighted by atomic mass is 32.2. The van der Waals surface area contributed by atoms with Gasteiger partial charge in [-0.3, -0.25) is 9.59 Å². The Labute approximate surface area is 188 Å². The van der Waals surface area contributed by atoms with Crippen molar-refractivity contribution in [2.45, 2.75) is 68.0 Å². The minimum absolute atomic E-state index is 0.0520. The van der Waals surface area contributed by atoms with Gasteiger partial charge in [0.25, 0.3) is 12.6 Å². The van der Waals surface area contributed by atoms with Gasteiger partial charge in [0.1, 0.15) is 0 Å². The third kappa shape index (κ3) is 14.5. The van der Waals surface area contributed by atoms with E-state index >= 15 is 0 Å². The van der Waals surface area contributed by atoms with Gasteiger partial charge in [0.15, 0.2) is 0 Å². The molecule has 0 saturated heterocycles. The summed E-state index contributed by atoms with van der Waals surface area (Å²) in [5.41, 5.74) is 0. The van der Waals surface area contributed by atoms with E-state index in [0.717, 1.165) is 23.5 Å². The van der Waals surface area contributed by atoms with Crippen LogP contribution in [-0.4, -0.2) is 47.6 Å². The lowest BCUT2D eigenvalue weighted by Crippen LogP contribution is -2.29. The molecule has 0 N–H and O–H groups in total. The van der Waals surface area contributed by atoms with E-state index in [1.165, 1.54) is 0 Å². The molecule has 0 amide bonds. The molecule has 30 heavy (non-hydrogen) atoms. The Morgan fingerprint density at radius 3 is 0.967 bits per heavy atom. The standard InChI is InChI=1S/2C10H18O4S/c2*1-6(2)8(11)13-9(7(3)4)14-10(12)15-5/h2*6-7,9H,1-5H3/t9-;/m0./s1. The number of carbonyl (C=O) groups excluding carboxylic acids is 4. The monoisotopic (exact) mass is 468 g/mol. The summed E-state index contributed by atoms with van der Waals surface area (Å²) in [6.07, 6.45) is 1.65. The first-order valence-electron chi connectivity index (χ1n) is 9.66. The summed E-state index contributed by atoms with van der Waals surface area (Å²) in [5, 5.41) is -0.879. The predicted molar refractivity (Wildman–Crippen MR) is 119 cm³/mol. The molecule has 0 aliphatic carbocycles. The van der Waals surface area contributed by atoms with Crippen LogP contribution in [0.1, 0.15) is 55.4 Å². The van der Waals surface area contributed by atoms with E-state index in [-0.39, 0.29) is 35.6 Å². The Bertz CT molecular complexity index is 499. The SMILES string of the molecule is CSC(=O)OC(OC(=O)C(C)C)C(C)C.CSC(=O)O[C@H](OC(=O)C(C)C)C(C)C. The van der Waals surface area contributed by atoms with Crippen LogP contribution in [0.3, 0.4) is 0 Å². The lowest BCUT2D eigenvalue weighted by Gasteiger charge is -2.21. The second kappa shape index (κ2) is 16.3. The number of hydrogen-bond acceptors (Lipinski definition) is 10. The van der Waals surface area contributed by atoms with Crippen LogP contribution in [0.5, 0.6) is 0 Å². The summed E-state index contributed by atoms with van der Waals surface area (Å²) < 4.78 is 20.0. The van der Waals surface area contributed by atoms with Gasteiger partial charge in [-0.15, -0.1) is 0 Å². The van der Waals surface area contributed by atoms with Crippen molar-refractivity contribution in [1.29, 1.82) is 0 Å². The second-order valence-electron chi connectivity index (χ2n) is 7.55. The quantitative estimate of drug-likeness (QED) is 0.342. The van der Waals surface area contributed by atoms with Gasteiger partial charge in [-0.25, -0.2) is 9.59 Å². The maximum Gasteiger partial charge on any atom is 0.370 e. The fourth-order valence-corrected chi connectivity index (χ4v) is 1.76. The molecule has 0 bridgehead atoms. The van der Waals surface area contributed by atoms with Crippen molar-refractivity contribution in [3.8, 4) is 0 Å². The van der Waals surface area contributed by atoms with Gasteiger partial charge >= 0.3 is 22.5 Å². The number of rotatable bonds is 8. The van der Waals surface area contributed by atoms with Crippen molar-refractivity contribution in [2.24, 2.45) is 23.7 Å². The lowest BCUT2D eigenvalue weighted by molar-refractivity contribution is -0.178. The molecular weight excluding hydrogens is 432 g/mol. The fraction of sp³-hybridized carbons (Fsp3) is 0.800. The normalized spacial score (nSPS) is 12.7. The van der Waals surface area contributed by atoms with E-state index in [9.17, 15) is 19.2 Å². The van der Waals surface area contributed by atoms with Crippen molar-refractivity contribution in [1.82, 2.24) is 0 Å². The van der Waals surface area contributed by atoms with Crippen molar-refractivity contribution in [3.05, 3.63) is 0 Å². The van der Waals surface area contributed by atoms with Gasteiger partial charge in [0.05, 0.1) is 11.8 Å². The molecule has 0 aromatic carbocycles. The van der Waals surface area contributed by atoms with Crippen molar-refractivity contribution in [2.75, 3.05) is 12.5 Å². The fourth-order valence-electron chi connectivity index (χ4n) is 1.38. The molecule has 0 aromatic rings. The molecule has 0 aliphatic heterocycles. The van der Waals surface area contributed by atoms with Crippen LogP contribution in [-0.2, 0) is 28.5 Å². The molecule has 0 saturated carbocycles. The molecule has 0 fully saturated rings. The molecular formula is C20H36O8S2. The Kier molecular flexibility index (Phi) is 16.7. The second-order valence-corrected chi connectivity index (χ2v) is 9.04. The van der Waals surface area contributed by atoms with Crippen LogP contribution >= 0.6 is 23.5 Å². The molecule has 0 heterocycles. The summed E-state index contributed by atoms with van der Waals surface area (Å²) in [6, 6.07) is 0. The first-order valence-corrected chi connectivity index (χ1v) is 12.1. The average Bonchev–Trinajstić information content (AvgIpc) is 2.66. The van der Waals surface area contributed by atoms with E-state index in [2.05, 4.69) is 0 Å². The van der Waals surface area contributed by atoms with E-state index in [1.807, 2.05) is 27.7 Å². The molecule has 10 heteroatoms. The highest BCUT2D eigenvalue weighted by Crippen LogP contribution is 2.15. The van der Waals surface area contributed by atoms with Crippen molar-refractivity contribution >= 4 is 46.1 Å². The number of ether oxygens (including phenoxy) is 4. The molecule has 8 nitrogen and oxygen atoms in total. The Hall–Kier alpha value is -1.42. The first kappa shape index (κ1) is 30.8. The molecule has 176 valence electrons. The van der Waals surface area contributed by atoms with Crippen LogP contribution < -0.4 is 0 Å². The Balaban J connectivity index is 0. The zero-order valence-electron chi connectivity index (χ0n) is 19.5. The number of esters is 2. The number of carbonyl (C=O) groups is 4. The van der Waals surface area contributed by atoms with Crippen molar-refractivity contribution in [3.63, 3.8) is 0 Å². The lowest BCUT2D eigenvalue weighted by atomic mass is 10.2. The van der Waals surface area contributed by atoms with Gasteiger partial charge in [-0.1, -0.05) is 55.4 Å². The van der Waals surface area contributed by atoms with Crippen LogP contribution in [0.2, 0.25) is 0 Å². The van der Waals surface area contributed by atoms with Gasteiger partial charge in [-0.2, -0.15) is 0 Å². The number of thioether (sulfide) groups is 2. The largest absolute Gasteiger partial charge is 0.425 e. The zero-order valence-corrected chi connectivity index (χ0v) is 21.2. The molecule has 0 rings (SSSR count). The summed E-state index contributed by atoms with van der Waals surface area (Å²) in [7, 11) is 0. The zero-order chi connectivity index (χ0) is 24.0. The third-order valence-electron chi connectivity index (χ3n) is 3.25.